The lowest BCUT2D eigenvalue weighted by Gasteiger charge is -2.37. The molecule has 1 heterocycles. The van der Waals surface area contributed by atoms with Crippen LogP contribution < -0.4 is 4.72 Å². The first-order valence-corrected chi connectivity index (χ1v) is 15.5. The maximum Gasteiger partial charge on any atom is 0.263 e. The summed E-state index contributed by atoms with van der Waals surface area (Å²) in [4.78, 5) is -0.158. The highest BCUT2D eigenvalue weighted by atomic mass is 35.5. The van der Waals surface area contributed by atoms with Gasteiger partial charge in [-0.05, 0) is 105 Å². The summed E-state index contributed by atoms with van der Waals surface area (Å²) in [6.45, 7) is 12.0. The topological polar surface area (TPSA) is 105 Å². The predicted molar refractivity (Wildman–Crippen MR) is 158 cm³/mol. The Hall–Kier alpha value is -2.07. The number of hydrogen-bond donors (Lipinski definition) is 3. The molecule has 0 fully saturated rings. The first-order valence-electron chi connectivity index (χ1n) is 13.3. The predicted octanol–water partition coefficient (Wildman–Crippen LogP) is 6.93. The van der Waals surface area contributed by atoms with E-state index in [0.29, 0.717) is 17.7 Å². The van der Waals surface area contributed by atoms with Gasteiger partial charge in [-0.3, -0.25) is 4.72 Å². The number of halogens is 2. The van der Waals surface area contributed by atoms with Crippen LogP contribution in [-0.2, 0) is 19.5 Å². The van der Waals surface area contributed by atoms with Gasteiger partial charge < -0.3 is 19.7 Å². The van der Waals surface area contributed by atoms with Gasteiger partial charge in [0.1, 0.15) is 16.8 Å². The molecule has 7 nitrogen and oxygen atoms in total. The molecule has 3 N–H and O–H groups in total. The second kappa shape index (κ2) is 11.7. The van der Waals surface area contributed by atoms with Gasteiger partial charge in [-0.2, -0.15) is 0 Å². The van der Waals surface area contributed by atoms with Crippen molar-refractivity contribution in [1.29, 1.82) is 0 Å². The number of sulfonamides is 1. The van der Waals surface area contributed by atoms with Crippen LogP contribution in [0.3, 0.4) is 0 Å². The monoisotopic (exact) mass is 609 g/mol. The Morgan fingerprint density at radius 3 is 2.52 bits per heavy atom. The maximum absolute atomic E-state index is 13.5. The Morgan fingerprint density at radius 2 is 1.88 bits per heavy atom. The van der Waals surface area contributed by atoms with Crippen LogP contribution in [0.25, 0.3) is 0 Å². The summed E-state index contributed by atoms with van der Waals surface area (Å²) in [5.41, 5.74) is 3.47. The largest absolute Gasteiger partial charge is 0.494 e. The van der Waals surface area contributed by atoms with Crippen LogP contribution in [0.5, 0.6) is 0 Å². The van der Waals surface area contributed by atoms with E-state index in [1.165, 1.54) is 23.8 Å². The van der Waals surface area contributed by atoms with Crippen LogP contribution in [0.4, 0.5) is 5.69 Å². The molecule has 2 aromatic rings. The Morgan fingerprint density at radius 1 is 1.18 bits per heavy atom. The number of aryl methyl sites for hydroxylation is 1. The van der Waals surface area contributed by atoms with Crippen molar-refractivity contribution in [3.05, 3.63) is 80.0 Å². The summed E-state index contributed by atoms with van der Waals surface area (Å²) in [5.74, 6) is 0.862. The zero-order chi connectivity index (χ0) is 29.6. The number of ether oxygens (including phenoxy) is 2. The molecule has 0 bridgehead atoms. The first-order chi connectivity index (χ1) is 18.6. The Bertz CT molecular complexity index is 1460. The van der Waals surface area contributed by atoms with E-state index in [0.717, 1.165) is 29.7 Å². The van der Waals surface area contributed by atoms with Crippen LogP contribution in [0.1, 0.15) is 74.8 Å². The molecule has 0 aromatic heterocycles. The lowest BCUT2D eigenvalue weighted by molar-refractivity contribution is -0.186. The molecule has 3 atom stereocenters. The first kappa shape index (κ1) is 30.9. The van der Waals surface area contributed by atoms with E-state index in [-0.39, 0.29) is 32.5 Å². The molecule has 218 valence electrons. The summed E-state index contributed by atoms with van der Waals surface area (Å²) >= 11 is 12.3. The Labute approximate surface area is 246 Å². The van der Waals surface area contributed by atoms with E-state index in [9.17, 15) is 18.6 Å². The van der Waals surface area contributed by atoms with Crippen LogP contribution in [0.15, 0.2) is 52.6 Å². The number of nitrogens with one attached hydrogen (secondary N) is 1. The van der Waals surface area contributed by atoms with Crippen LogP contribution >= 0.6 is 23.2 Å². The summed E-state index contributed by atoms with van der Waals surface area (Å²) in [6, 6.07) is 6.17. The highest BCUT2D eigenvalue weighted by Gasteiger charge is 2.37. The van der Waals surface area contributed by atoms with E-state index in [1.807, 2.05) is 33.8 Å². The summed E-state index contributed by atoms with van der Waals surface area (Å²) < 4.78 is 41.7. The fraction of sp³-hybridized carbons (Fsp3) is 0.467. The number of hydrogen-bond acceptors (Lipinski definition) is 6. The van der Waals surface area contributed by atoms with Crippen molar-refractivity contribution >= 4 is 38.9 Å². The molecule has 0 spiro atoms. The van der Waals surface area contributed by atoms with Gasteiger partial charge in [0.2, 0.25) is 0 Å². The average molecular weight is 611 g/mol. The number of rotatable bonds is 7. The van der Waals surface area contributed by atoms with Gasteiger partial charge >= 0.3 is 0 Å². The molecule has 1 aliphatic carbocycles. The molecule has 0 saturated carbocycles. The minimum absolute atomic E-state index is 0.0797. The third kappa shape index (κ3) is 6.22. The van der Waals surface area contributed by atoms with Crippen molar-refractivity contribution in [2.24, 2.45) is 5.92 Å². The zero-order valence-corrected chi connectivity index (χ0v) is 25.9. The van der Waals surface area contributed by atoms with Crippen LogP contribution in [-0.4, -0.2) is 37.1 Å². The normalized spacial score (nSPS) is 20.4. The molecule has 10 heteroatoms. The Balaban J connectivity index is 1.90. The molecule has 0 amide bonds. The van der Waals surface area contributed by atoms with E-state index >= 15 is 0 Å². The van der Waals surface area contributed by atoms with E-state index < -0.39 is 28.0 Å². The molecule has 40 heavy (non-hydrogen) atoms. The van der Waals surface area contributed by atoms with Crippen LogP contribution in [0, 0.1) is 19.8 Å². The third-order valence-corrected chi connectivity index (χ3v) is 9.75. The average Bonchev–Trinajstić information content (AvgIpc) is 2.86. The quantitative estimate of drug-likeness (QED) is 0.294. The highest BCUT2D eigenvalue weighted by Crippen LogP contribution is 2.47. The number of benzene rings is 2. The summed E-state index contributed by atoms with van der Waals surface area (Å²) in [7, 11) is -4.14. The van der Waals surface area contributed by atoms with Crippen molar-refractivity contribution in [2.75, 3.05) is 11.3 Å². The minimum atomic E-state index is -4.14. The van der Waals surface area contributed by atoms with Gasteiger partial charge in [0, 0.05) is 5.92 Å². The van der Waals surface area contributed by atoms with Gasteiger partial charge in [0.05, 0.1) is 27.9 Å². The van der Waals surface area contributed by atoms with Gasteiger partial charge in [-0.15, -0.1) is 0 Å². The lowest BCUT2D eigenvalue weighted by atomic mass is 9.72. The van der Waals surface area contributed by atoms with Crippen molar-refractivity contribution in [3.8, 4) is 0 Å². The standard InChI is InChI=1S/C30H37Cl2NO6S/c1-16-15-22(33-40(36,37)24-11-7-10-21(31)27(24)32)18(3)26(28(29(34)35)39-30(4,5)6)25(16)20-12-13-23-19(17(20)2)9-8-14-38-23/h7,10-13,15,17,20,28-29,33-35H,8-9,14H2,1-6H3. The minimum Gasteiger partial charge on any atom is -0.494 e. The van der Waals surface area contributed by atoms with E-state index in [1.54, 1.807) is 13.0 Å². The van der Waals surface area contributed by atoms with Crippen molar-refractivity contribution in [2.45, 2.75) is 83.2 Å². The molecule has 4 rings (SSSR count). The molecule has 3 unspecified atom stereocenters. The lowest BCUT2D eigenvalue weighted by Crippen LogP contribution is -2.32. The number of aliphatic hydroxyl groups excluding tert-OH is 1. The second-order valence-corrected chi connectivity index (χ2v) is 13.9. The van der Waals surface area contributed by atoms with Gasteiger partial charge in [0.15, 0.2) is 6.29 Å². The molecular formula is C30H37Cl2NO6S. The fourth-order valence-corrected chi connectivity index (χ4v) is 7.48. The van der Waals surface area contributed by atoms with Crippen molar-refractivity contribution in [3.63, 3.8) is 0 Å². The van der Waals surface area contributed by atoms with E-state index in [4.69, 9.17) is 32.7 Å². The maximum atomic E-state index is 13.5. The van der Waals surface area contributed by atoms with Crippen molar-refractivity contribution in [1.82, 2.24) is 0 Å². The molecule has 2 aliphatic rings. The van der Waals surface area contributed by atoms with Crippen molar-refractivity contribution < 1.29 is 28.1 Å². The van der Waals surface area contributed by atoms with Gasteiger partial charge in [-0.1, -0.05) is 42.3 Å². The summed E-state index contributed by atoms with van der Waals surface area (Å²) in [6.07, 6.45) is 2.92. The fourth-order valence-electron chi connectivity index (χ4n) is 5.61. The molecule has 0 saturated heterocycles. The Kier molecular flexibility index (Phi) is 9.00. The number of anilines is 1. The van der Waals surface area contributed by atoms with Gasteiger partial charge in [-0.25, -0.2) is 8.42 Å². The van der Waals surface area contributed by atoms with Gasteiger partial charge in [0.25, 0.3) is 10.0 Å². The summed E-state index contributed by atoms with van der Waals surface area (Å²) in [5, 5.41) is 21.2. The van der Waals surface area contributed by atoms with Crippen LogP contribution in [0.2, 0.25) is 10.0 Å². The molecule has 1 aliphatic heterocycles. The number of allylic oxidation sites excluding steroid dienone is 3. The second-order valence-electron chi connectivity index (χ2n) is 11.4. The highest BCUT2D eigenvalue weighted by molar-refractivity contribution is 7.92. The molecule has 0 radical (unpaired) electrons. The molecular weight excluding hydrogens is 573 g/mol. The third-order valence-electron chi connectivity index (χ3n) is 7.41. The molecule has 2 aromatic carbocycles. The number of aliphatic hydroxyl groups is 2. The smallest absolute Gasteiger partial charge is 0.263 e. The SMILES string of the molecule is Cc1cc(NS(=O)(=O)c2cccc(Cl)c2Cl)c(C)c(C(OC(C)(C)C)C(O)O)c1C1C=CC2=C(CCCO2)C1C. The zero-order valence-electron chi connectivity index (χ0n) is 23.6. The van der Waals surface area contributed by atoms with E-state index in [2.05, 4.69) is 17.7 Å².